The summed E-state index contributed by atoms with van der Waals surface area (Å²) in [5.74, 6) is 0.462. The molecule has 0 aliphatic carbocycles. The first-order chi connectivity index (χ1) is 8.38. The first kappa shape index (κ1) is 18.7. The van der Waals surface area contributed by atoms with Crippen molar-refractivity contribution in [3.63, 3.8) is 0 Å². The minimum atomic E-state index is -1.78. The van der Waals surface area contributed by atoms with Crippen molar-refractivity contribution in [2.24, 2.45) is 5.92 Å². The smallest absolute Gasteiger partial charge is 0.192 e. The lowest BCUT2D eigenvalue weighted by Crippen LogP contribution is -2.42. The molecule has 0 aliphatic heterocycles. The van der Waals surface area contributed by atoms with E-state index in [0.717, 1.165) is 5.57 Å². The summed E-state index contributed by atoms with van der Waals surface area (Å²) in [7, 11) is -1.78. The van der Waals surface area contributed by atoms with Crippen LogP contribution in [0.4, 0.5) is 0 Å². The quantitative estimate of drug-likeness (QED) is 0.594. The molecule has 0 heterocycles. The second-order valence-corrected chi connectivity index (χ2v) is 12.0. The van der Waals surface area contributed by atoms with Crippen LogP contribution in [0.3, 0.4) is 0 Å². The minimum Gasteiger partial charge on any atom is -0.414 e. The van der Waals surface area contributed by atoms with Crippen LogP contribution in [0, 0.1) is 5.92 Å². The molecule has 0 spiro atoms. The topological polar surface area (TPSA) is 29.5 Å². The zero-order chi connectivity index (χ0) is 15.4. The van der Waals surface area contributed by atoms with Gasteiger partial charge in [0, 0.05) is 0 Å². The maximum Gasteiger partial charge on any atom is 0.192 e. The van der Waals surface area contributed by atoms with Gasteiger partial charge in [-0.25, -0.2) is 0 Å². The van der Waals surface area contributed by atoms with Crippen molar-refractivity contribution in [2.75, 3.05) is 6.61 Å². The van der Waals surface area contributed by atoms with Crippen LogP contribution < -0.4 is 0 Å². The van der Waals surface area contributed by atoms with Crippen LogP contribution in [-0.4, -0.2) is 26.1 Å². The molecule has 1 unspecified atom stereocenters. The number of aliphatic hydroxyl groups excluding tert-OH is 1. The molecule has 0 aromatic heterocycles. The van der Waals surface area contributed by atoms with Crippen molar-refractivity contribution in [2.45, 2.75) is 72.7 Å². The third kappa shape index (κ3) is 6.09. The fourth-order valence-corrected chi connectivity index (χ4v) is 2.17. The largest absolute Gasteiger partial charge is 0.414 e. The highest BCUT2D eigenvalue weighted by molar-refractivity contribution is 6.74. The Bertz CT molecular complexity index is 355. The molecule has 1 atom stereocenters. The average molecular weight is 285 g/mol. The Labute approximate surface area is 120 Å². The third-order valence-corrected chi connectivity index (χ3v) is 8.67. The third-order valence-electron chi connectivity index (χ3n) is 4.17. The van der Waals surface area contributed by atoms with Gasteiger partial charge in [-0.2, -0.15) is 0 Å². The van der Waals surface area contributed by atoms with Crippen LogP contribution in [-0.2, 0) is 4.43 Å². The number of rotatable bonds is 5. The van der Waals surface area contributed by atoms with Crippen LogP contribution in [0.15, 0.2) is 16.9 Å². The van der Waals surface area contributed by atoms with Crippen molar-refractivity contribution in [1.29, 1.82) is 0 Å². The van der Waals surface area contributed by atoms with E-state index in [9.17, 15) is 5.11 Å². The van der Waals surface area contributed by atoms with E-state index >= 15 is 0 Å². The summed E-state index contributed by atoms with van der Waals surface area (Å²) >= 11 is 0. The van der Waals surface area contributed by atoms with E-state index < -0.39 is 14.4 Å². The Morgan fingerprint density at radius 1 is 1.16 bits per heavy atom. The van der Waals surface area contributed by atoms with Gasteiger partial charge in [0.2, 0.25) is 0 Å². The average Bonchev–Trinajstić information content (AvgIpc) is 2.23. The Hall–Kier alpha value is -0.343. The molecule has 0 amide bonds. The zero-order valence-corrected chi connectivity index (χ0v) is 15.2. The number of hydrogen-bond acceptors (Lipinski definition) is 2. The first-order valence-corrected chi connectivity index (χ1v) is 10.0. The molecule has 0 aromatic carbocycles. The molecule has 0 saturated heterocycles. The molecule has 2 nitrogen and oxygen atoms in total. The standard InChI is InChI=1S/C16H32O2Si/c1-12(2)13(3)10-14(4)15(17)11-18-19(8,9)16(5,6)7/h12,15,17H,11H2,1-9H3. The molecular formula is C16H32O2Si. The predicted molar refractivity (Wildman–Crippen MR) is 85.9 cm³/mol. The van der Waals surface area contributed by atoms with Crippen LogP contribution in [0.5, 0.6) is 0 Å². The number of hydrogen-bond donors (Lipinski definition) is 1. The van der Waals surface area contributed by atoms with Crippen LogP contribution in [0.25, 0.3) is 0 Å². The minimum absolute atomic E-state index is 0.175. The molecule has 0 rings (SSSR count). The van der Waals surface area contributed by atoms with Crippen LogP contribution in [0.2, 0.25) is 18.1 Å². The lowest BCUT2D eigenvalue weighted by molar-refractivity contribution is 0.127. The van der Waals surface area contributed by atoms with E-state index in [1.54, 1.807) is 0 Å². The summed E-state index contributed by atoms with van der Waals surface area (Å²) in [6, 6.07) is 0. The summed E-state index contributed by atoms with van der Waals surface area (Å²) in [6.45, 7) is 19.6. The van der Waals surface area contributed by atoms with Crippen molar-refractivity contribution in [1.82, 2.24) is 0 Å². The van der Waals surface area contributed by atoms with Gasteiger partial charge < -0.3 is 9.53 Å². The van der Waals surface area contributed by atoms with E-state index in [1.807, 2.05) is 6.92 Å². The molecule has 19 heavy (non-hydrogen) atoms. The molecule has 0 aliphatic rings. The Balaban J connectivity index is 4.74. The molecule has 0 bridgehead atoms. The molecule has 0 fully saturated rings. The Morgan fingerprint density at radius 2 is 1.63 bits per heavy atom. The first-order valence-electron chi connectivity index (χ1n) is 7.14. The van der Waals surface area contributed by atoms with Gasteiger partial charge >= 0.3 is 0 Å². The second-order valence-electron chi connectivity index (χ2n) is 7.23. The zero-order valence-electron chi connectivity index (χ0n) is 14.2. The molecule has 1 N–H and O–H groups in total. The predicted octanol–water partition coefficient (Wildman–Crippen LogP) is 4.52. The lowest BCUT2D eigenvalue weighted by atomic mass is 10.0. The van der Waals surface area contributed by atoms with Crippen LogP contribution >= 0.6 is 0 Å². The van der Waals surface area contributed by atoms with Gasteiger partial charge in [-0.15, -0.1) is 5.73 Å². The van der Waals surface area contributed by atoms with Crippen molar-refractivity contribution >= 4 is 8.32 Å². The van der Waals surface area contributed by atoms with Crippen molar-refractivity contribution in [3.8, 4) is 0 Å². The summed E-state index contributed by atoms with van der Waals surface area (Å²) in [4.78, 5) is 0. The molecule has 3 heteroatoms. The highest BCUT2D eigenvalue weighted by Crippen LogP contribution is 2.36. The van der Waals surface area contributed by atoms with Crippen LogP contribution in [0.1, 0.15) is 48.5 Å². The molecule has 0 aromatic rings. The molecule has 0 radical (unpaired) electrons. The highest BCUT2D eigenvalue weighted by Gasteiger charge is 2.37. The second kappa shape index (κ2) is 6.89. The fourth-order valence-electron chi connectivity index (χ4n) is 1.17. The van der Waals surface area contributed by atoms with E-state index in [2.05, 4.69) is 60.4 Å². The Morgan fingerprint density at radius 3 is 2.00 bits per heavy atom. The molecule has 0 saturated carbocycles. The summed E-state index contributed by atoms with van der Waals surface area (Å²) in [5.41, 5.74) is 5.31. The highest BCUT2D eigenvalue weighted by atomic mass is 28.4. The monoisotopic (exact) mass is 284 g/mol. The summed E-state index contributed by atoms with van der Waals surface area (Å²) < 4.78 is 6.04. The Kier molecular flexibility index (Phi) is 6.77. The molecular weight excluding hydrogens is 252 g/mol. The van der Waals surface area contributed by atoms with Gasteiger partial charge in [0.15, 0.2) is 8.32 Å². The van der Waals surface area contributed by atoms with Gasteiger partial charge in [-0.1, -0.05) is 34.6 Å². The van der Waals surface area contributed by atoms with Gasteiger partial charge in [-0.3, -0.25) is 0 Å². The maximum atomic E-state index is 10.2. The van der Waals surface area contributed by atoms with E-state index in [-0.39, 0.29) is 5.04 Å². The summed E-state index contributed by atoms with van der Waals surface area (Å²) in [6.07, 6.45) is -0.553. The maximum absolute atomic E-state index is 10.2. The van der Waals surface area contributed by atoms with Gasteiger partial charge in [0.05, 0.1) is 6.61 Å². The van der Waals surface area contributed by atoms with Gasteiger partial charge in [0.25, 0.3) is 0 Å². The van der Waals surface area contributed by atoms with E-state index in [4.69, 9.17) is 4.43 Å². The van der Waals surface area contributed by atoms with E-state index in [1.165, 1.54) is 5.57 Å². The normalized spacial score (nSPS) is 14.3. The number of aliphatic hydroxyl groups is 1. The van der Waals surface area contributed by atoms with Gasteiger partial charge in [-0.05, 0) is 49.0 Å². The summed E-state index contributed by atoms with van der Waals surface area (Å²) in [5, 5.41) is 10.3. The SMILES string of the molecule is CC(=C=C(C)C(O)CO[Si](C)(C)C(C)(C)C)C(C)C. The molecule has 112 valence electrons. The van der Waals surface area contributed by atoms with Crippen molar-refractivity contribution < 1.29 is 9.53 Å². The van der Waals surface area contributed by atoms with Gasteiger partial charge in [0.1, 0.15) is 6.10 Å². The fraction of sp³-hybridized carbons (Fsp3) is 0.812. The van der Waals surface area contributed by atoms with E-state index in [0.29, 0.717) is 12.5 Å². The lowest BCUT2D eigenvalue weighted by Gasteiger charge is -2.36. The van der Waals surface area contributed by atoms with Crippen molar-refractivity contribution in [3.05, 3.63) is 16.9 Å².